The fourth-order valence-electron chi connectivity index (χ4n) is 14.9. The van der Waals surface area contributed by atoms with E-state index in [9.17, 15) is 0 Å². The first-order valence-corrected chi connectivity index (χ1v) is 42.5. The number of aryl methyl sites for hydroxylation is 17. The Kier molecular flexibility index (Phi) is 51.5. The molecule has 0 aliphatic heterocycles. The van der Waals surface area contributed by atoms with E-state index < -0.39 is 0 Å². The van der Waals surface area contributed by atoms with Crippen molar-refractivity contribution < 1.29 is 0 Å². The van der Waals surface area contributed by atoms with Gasteiger partial charge in [-0.2, -0.15) is 0 Å². The van der Waals surface area contributed by atoms with Crippen molar-refractivity contribution in [2.45, 2.75) is 418 Å². The fourth-order valence-corrected chi connectivity index (χ4v) is 14.9. The topological polar surface area (TPSA) is 0 Å². The first-order chi connectivity index (χ1) is 47.1. The van der Waals surface area contributed by atoms with Crippen LogP contribution in [0.3, 0.4) is 0 Å². The minimum atomic E-state index is 0.643. The molecule has 0 fully saturated rings. The zero-order valence-corrected chi connectivity index (χ0v) is 71.6. The van der Waals surface area contributed by atoms with Crippen LogP contribution in [0.4, 0.5) is 0 Å². The van der Waals surface area contributed by atoms with Gasteiger partial charge in [0.05, 0.1) is 0 Å². The summed E-state index contributed by atoms with van der Waals surface area (Å²) < 4.78 is 0. The van der Waals surface area contributed by atoms with Crippen LogP contribution in [0.2, 0.25) is 0 Å². The van der Waals surface area contributed by atoms with E-state index >= 15 is 0 Å². The summed E-state index contributed by atoms with van der Waals surface area (Å²) in [6.07, 6.45) is 47.3. The van der Waals surface area contributed by atoms with Gasteiger partial charge < -0.3 is 0 Å². The Morgan fingerprint density at radius 1 is 0.232 bits per heavy atom. The average Bonchev–Trinajstić information content (AvgIpc) is 0.875. The monoisotopic (exact) mass is 1360 g/mol. The molecule has 0 heterocycles. The second-order valence-corrected chi connectivity index (χ2v) is 33.5. The molecule has 5 aromatic rings. The smallest absolute Gasteiger partial charge is 0.0216 e. The first-order valence-electron chi connectivity index (χ1n) is 42.5. The molecule has 4 unspecified atom stereocenters. The molecule has 5 rings (SSSR count). The third kappa shape index (κ3) is 40.7. The molecule has 99 heavy (non-hydrogen) atoms. The van der Waals surface area contributed by atoms with Crippen molar-refractivity contribution in [3.05, 3.63) is 172 Å². The number of hydrogen-bond acceptors (Lipinski definition) is 0. The minimum Gasteiger partial charge on any atom is -0.0654 e. The summed E-state index contributed by atoms with van der Waals surface area (Å²) in [5.41, 5.74) is 30.1. The summed E-state index contributed by atoms with van der Waals surface area (Å²) in [6, 6.07) is 24.1. The first kappa shape index (κ1) is 93.1. The standard InChI is InChI=1S/C28H50.2C24H42.C12H18.C11H16/c1-21(2)11-9-13-23(5)15-17-27-19-26(8)28(20-25(27)7)18-16-24(6)14-10-12-22(3)4;1-7-11-13-21(9-3)17-23-15-20(6)24(16-19(23)5)18-22(10-4)14-12-8-2;1-5-7-9-11-13-15-17-23-19-22(4)24(20-21(23)3)18-16-14-12-10-8-6-2;1-8(2)12-7-10(4)9(3)6-11(12)5;1-5-11-7-9(3)8(2)6-10(11)4/h19-24H,9-18H2,1-8H3;15-16,21-22H,7-14,17-18H2,1-6H3;19-20H,5-18H2,1-4H3;6-8H,1-5H3;6-7H,5H2,1-4H3. The molecule has 0 aliphatic carbocycles. The summed E-state index contributed by atoms with van der Waals surface area (Å²) in [5.74, 6) is 5.77. The predicted molar refractivity (Wildman–Crippen MR) is 453 cm³/mol. The van der Waals surface area contributed by atoms with Gasteiger partial charge in [0, 0.05) is 0 Å². The minimum absolute atomic E-state index is 0.643. The zero-order valence-electron chi connectivity index (χ0n) is 71.6. The van der Waals surface area contributed by atoms with Crippen molar-refractivity contribution in [3.63, 3.8) is 0 Å². The molecule has 0 saturated carbocycles. The molecular formula is C99H168. The fraction of sp³-hybridized carbons (Fsp3) is 0.697. The Morgan fingerprint density at radius 2 is 0.525 bits per heavy atom. The van der Waals surface area contributed by atoms with E-state index in [1.54, 1.807) is 33.4 Å². The molecule has 0 radical (unpaired) electrons. The highest BCUT2D eigenvalue weighted by Crippen LogP contribution is 2.30. The summed E-state index contributed by atoms with van der Waals surface area (Å²) in [6.45, 7) is 61.9. The van der Waals surface area contributed by atoms with Crippen molar-refractivity contribution in [2.75, 3.05) is 0 Å². The molecule has 0 amide bonds. The molecule has 0 N–H and O–H groups in total. The summed E-state index contributed by atoms with van der Waals surface area (Å²) in [4.78, 5) is 0. The normalized spacial score (nSPS) is 12.5. The number of rotatable bonds is 42. The van der Waals surface area contributed by atoms with Crippen LogP contribution in [0.5, 0.6) is 0 Å². The second-order valence-electron chi connectivity index (χ2n) is 33.5. The average molecular weight is 1360 g/mol. The third-order valence-electron chi connectivity index (χ3n) is 22.7. The lowest BCUT2D eigenvalue weighted by molar-refractivity contribution is 0.435. The molecule has 5 aromatic carbocycles. The van der Waals surface area contributed by atoms with Crippen LogP contribution >= 0.6 is 0 Å². The maximum Gasteiger partial charge on any atom is -0.0216 e. The van der Waals surface area contributed by atoms with Crippen molar-refractivity contribution >= 4 is 0 Å². The van der Waals surface area contributed by atoms with Crippen LogP contribution in [0, 0.1) is 119 Å². The Morgan fingerprint density at radius 3 is 0.869 bits per heavy atom. The molecule has 0 aliphatic rings. The molecule has 0 bridgehead atoms. The van der Waals surface area contributed by atoms with E-state index in [-0.39, 0.29) is 0 Å². The van der Waals surface area contributed by atoms with E-state index in [0.29, 0.717) is 5.92 Å². The van der Waals surface area contributed by atoms with Crippen LogP contribution in [0.1, 0.15) is 401 Å². The van der Waals surface area contributed by atoms with E-state index in [4.69, 9.17) is 0 Å². The molecule has 0 heteroatoms. The van der Waals surface area contributed by atoms with E-state index in [1.165, 1.54) is 296 Å². The summed E-state index contributed by atoms with van der Waals surface area (Å²) in [5, 5.41) is 0. The quantitative estimate of drug-likeness (QED) is 0.0342. The maximum absolute atomic E-state index is 2.51. The van der Waals surface area contributed by atoms with Gasteiger partial charge in [0.25, 0.3) is 0 Å². The van der Waals surface area contributed by atoms with Gasteiger partial charge >= 0.3 is 0 Å². The highest BCUT2D eigenvalue weighted by Gasteiger charge is 2.16. The van der Waals surface area contributed by atoms with Gasteiger partial charge in [0.15, 0.2) is 0 Å². The van der Waals surface area contributed by atoms with E-state index in [1.807, 2.05) is 0 Å². The molecule has 564 valence electrons. The van der Waals surface area contributed by atoms with Gasteiger partial charge in [0.1, 0.15) is 0 Å². The lowest BCUT2D eigenvalue weighted by atomic mass is 9.85. The second kappa shape index (κ2) is 54.7. The van der Waals surface area contributed by atoms with Crippen LogP contribution < -0.4 is 0 Å². The Balaban J connectivity index is 0.000000642. The molecule has 0 aromatic heterocycles. The Labute approximate surface area is 621 Å². The van der Waals surface area contributed by atoms with Crippen molar-refractivity contribution in [2.24, 2.45) is 35.5 Å². The van der Waals surface area contributed by atoms with Crippen LogP contribution in [-0.2, 0) is 44.9 Å². The number of unbranched alkanes of at least 4 members (excludes halogenated alkanes) is 12. The van der Waals surface area contributed by atoms with Gasteiger partial charge in [-0.05, 0) is 306 Å². The number of benzene rings is 5. The maximum atomic E-state index is 2.51. The van der Waals surface area contributed by atoms with Gasteiger partial charge in [-0.3, -0.25) is 0 Å². The Hall–Kier alpha value is -3.90. The molecular weight excluding hydrogens is 1190 g/mol. The zero-order chi connectivity index (χ0) is 74.4. The van der Waals surface area contributed by atoms with Crippen molar-refractivity contribution in [1.29, 1.82) is 0 Å². The van der Waals surface area contributed by atoms with Gasteiger partial charge in [0.2, 0.25) is 0 Å². The van der Waals surface area contributed by atoms with Crippen LogP contribution in [0.25, 0.3) is 0 Å². The predicted octanol–water partition coefficient (Wildman–Crippen LogP) is 31.9. The van der Waals surface area contributed by atoms with Gasteiger partial charge in [-0.1, -0.05) is 319 Å². The summed E-state index contributed by atoms with van der Waals surface area (Å²) in [7, 11) is 0. The van der Waals surface area contributed by atoms with Gasteiger partial charge in [-0.15, -0.1) is 0 Å². The molecule has 4 atom stereocenters. The third-order valence-corrected chi connectivity index (χ3v) is 22.7. The lowest BCUT2D eigenvalue weighted by Crippen LogP contribution is -2.08. The van der Waals surface area contributed by atoms with Crippen LogP contribution in [0.15, 0.2) is 60.7 Å². The molecule has 0 nitrogen and oxygen atoms in total. The highest BCUT2D eigenvalue weighted by atomic mass is 14.2. The SMILES string of the molecule is CCCCC(CC)Cc1cc(C)c(CC(CC)CCCC)cc1C.CCCCCCCCc1cc(C)c(CCCCCCCC)cc1C.CCc1cc(C)c(C)cc1C.Cc1cc(C)c(C(C)C)cc1C.Cc1cc(CCC(C)CCCC(C)C)c(C)cc1CCC(C)CCCC(C)C. The van der Waals surface area contributed by atoms with Crippen molar-refractivity contribution in [1.82, 2.24) is 0 Å². The lowest BCUT2D eigenvalue weighted by Gasteiger charge is -2.20. The largest absolute Gasteiger partial charge is 0.0654 e. The molecule has 0 saturated heterocycles. The Bertz CT molecular complexity index is 2720. The van der Waals surface area contributed by atoms with Crippen LogP contribution in [-0.4, -0.2) is 0 Å². The van der Waals surface area contributed by atoms with E-state index in [2.05, 4.69) is 248 Å². The number of hydrogen-bond donors (Lipinski definition) is 0. The molecule has 0 spiro atoms. The van der Waals surface area contributed by atoms with E-state index in [0.717, 1.165) is 41.9 Å². The van der Waals surface area contributed by atoms with Gasteiger partial charge in [-0.25, -0.2) is 0 Å². The highest BCUT2D eigenvalue weighted by molar-refractivity contribution is 5.41. The van der Waals surface area contributed by atoms with Crippen molar-refractivity contribution in [3.8, 4) is 0 Å². The summed E-state index contributed by atoms with van der Waals surface area (Å²) >= 11 is 0.